The van der Waals surface area contributed by atoms with E-state index in [2.05, 4.69) is 20.3 Å². The predicted molar refractivity (Wildman–Crippen MR) is 101 cm³/mol. The van der Waals surface area contributed by atoms with Crippen molar-refractivity contribution in [3.63, 3.8) is 0 Å². The van der Waals surface area contributed by atoms with Crippen molar-refractivity contribution in [2.24, 2.45) is 0 Å². The van der Waals surface area contributed by atoms with Crippen LogP contribution in [0, 0.1) is 0 Å². The molecule has 3 aromatic rings. The third kappa shape index (κ3) is 4.20. The van der Waals surface area contributed by atoms with Gasteiger partial charge >= 0.3 is 6.18 Å². The molecule has 0 spiro atoms. The lowest BCUT2D eigenvalue weighted by Gasteiger charge is -2.11. The average molecular weight is 440 g/mol. The van der Waals surface area contributed by atoms with E-state index in [1.54, 1.807) is 0 Å². The van der Waals surface area contributed by atoms with E-state index in [0.717, 1.165) is 19.1 Å². The molecule has 2 aromatic heterocycles. The second-order valence-corrected chi connectivity index (χ2v) is 8.60. The Morgan fingerprint density at radius 1 is 1.23 bits per heavy atom. The number of aromatic nitrogens is 4. The topological polar surface area (TPSA) is 119 Å². The van der Waals surface area contributed by atoms with E-state index >= 15 is 0 Å². The normalized spacial score (nSPS) is 14.7. The van der Waals surface area contributed by atoms with E-state index < -0.39 is 27.9 Å². The Morgan fingerprint density at radius 2 is 1.97 bits per heavy atom. The molecule has 1 aliphatic carbocycles. The number of halogens is 3. The van der Waals surface area contributed by atoms with Gasteiger partial charge in [0.25, 0.3) is 5.91 Å². The molecular formula is C17H15F3N6O3S. The van der Waals surface area contributed by atoms with Crippen LogP contribution < -0.4 is 10.0 Å². The van der Waals surface area contributed by atoms with Crippen LogP contribution in [0.25, 0.3) is 16.9 Å². The lowest BCUT2D eigenvalue weighted by atomic mass is 10.2. The summed E-state index contributed by atoms with van der Waals surface area (Å²) in [5.74, 6) is -2.20. The number of amides is 1. The molecule has 0 saturated heterocycles. The van der Waals surface area contributed by atoms with E-state index in [9.17, 15) is 26.4 Å². The maximum atomic E-state index is 13.3. The zero-order chi connectivity index (χ0) is 21.7. The molecule has 4 rings (SSSR count). The maximum absolute atomic E-state index is 13.3. The zero-order valence-electron chi connectivity index (χ0n) is 15.4. The average Bonchev–Trinajstić information content (AvgIpc) is 3.35. The smallest absolute Gasteiger partial charge is 0.365 e. The molecule has 0 atom stereocenters. The molecule has 158 valence electrons. The van der Waals surface area contributed by atoms with Crippen LogP contribution in [0.5, 0.6) is 0 Å². The molecule has 2 N–H and O–H groups in total. The van der Waals surface area contributed by atoms with E-state index in [0.29, 0.717) is 0 Å². The first-order valence-electron chi connectivity index (χ1n) is 8.72. The number of fused-ring (bicyclic) bond motifs is 1. The Labute approximate surface area is 168 Å². The molecule has 0 radical (unpaired) electrons. The molecule has 1 aromatic carbocycles. The highest BCUT2D eigenvalue weighted by molar-refractivity contribution is 7.89. The molecule has 2 heterocycles. The standard InChI is InChI=1S/C17H15F3N6O3S/c1-30(28,29)25-15(27)9-3-2-4-11(7-9)26-8-21-12-13(22-10-5-6-10)23-16(17(18,19)20)24-14(12)26/h2-4,7-8,10H,5-6H2,1H3,(H,25,27)(H,22,23,24). The van der Waals surface area contributed by atoms with Crippen LogP contribution in [0.1, 0.15) is 29.0 Å². The monoisotopic (exact) mass is 440 g/mol. The van der Waals surface area contributed by atoms with Crippen LogP contribution in [0.2, 0.25) is 0 Å². The van der Waals surface area contributed by atoms with Gasteiger partial charge in [-0.3, -0.25) is 9.36 Å². The van der Waals surface area contributed by atoms with E-state index in [-0.39, 0.29) is 34.3 Å². The van der Waals surface area contributed by atoms with Crippen molar-refractivity contribution in [2.75, 3.05) is 11.6 Å². The SMILES string of the molecule is CS(=O)(=O)NC(=O)c1cccc(-n2cnc3c(NC4CC4)nc(C(F)(F)F)nc32)c1. The van der Waals surface area contributed by atoms with E-state index in [1.165, 1.54) is 35.2 Å². The van der Waals surface area contributed by atoms with Crippen molar-refractivity contribution in [1.29, 1.82) is 0 Å². The van der Waals surface area contributed by atoms with Crippen LogP contribution in [0.15, 0.2) is 30.6 Å². The largest absolute Gasteiger partial charge is 0.451 e. The van der Waals surface area contributed by atoms with E-state index in [1.807, 2.05) is 4.72 Å². The quantitative estimate of drug-likeness (QED) is 0.624. The molecule has 1 saturated carbocycles. The number of sulfonamides is 1. The predicted octanol–water partition coefficient (Wildman–Crippen LogP) is 2.10. The maximum Gasteiger partial charge on any atom is 0.451 e. The number of anilines is 1. The summed E-state index contributed by atoms with van der Waals surface area (Å²) >= 11 is 0. The molecular weight excluding hydrogens is 425 g/mol. The number of imidazole rings is 1. The third-order valence-electron chi connectivity index (χ3n) is 4.23. The van der Waals surface area contributed by atoms with E-state index in [4.69, 9.17) is 0 Å². The second kappa shape index (κ2) is 6.93. The number of alkyl halides is 3. The Balaban J connectivity index is 1.81. The summed E-state index contributed by atoms with van der Waals surface area (Å²) in [6.45, 7) is 0. The van der Waals surface area contributed by atoms with Crippen LogP contribution in [0.3, 0.4) is 0 Å². The van der Waals surface area contributed by atoms with Crippen molar-refractivity contribution >= 4 is 32.9 Å². The molecule has 0 unspecified atom stereocenters. The molecule has 0 bridgehead atoms. The lowest BCUT2D eigenvalue weighted by Crippen LogP contribution is -2.29. The fourth-order valence-corrected chi connectivity index (χ4v) is 3.22. The minimum Gasteiger partial charge on any atom is -0.365 e. The Morgan fingerprint density at radius 3 is 2.60 bits per heavy atom. The number of carbonyl (C=O) groups is 1. The fraction of sp³-hybridized carbons (Fsp3) is 0.294. The number of nitrogens with zero attached hydrogens (tertiary/aromatic N) is 4. The summed E-state index contributed by atoms with van der Waals surface area (Å²) in [7, 11) is -3.78. The Bertz CT molecular complexity index is 1250. The Kier molecular flexibility index (Phi) is 4.64. The van der Waals surface area contributed by atoms with Gasteiger partial charge < -0.3 is 5.32 Å². The molecule has 1 aliphatic rings. The van der Waals surface area contributed by atoms with Gasteiger partial charge in [0.15, 0.2) is 17.0 Å². The number of rotatable bonds is 5. The molecule has 13 heteroatoms. The molecule has 9 nitrogen and oxygen atoms in total. The summed E-state index contributed by atoms with van der Waals surface area (Å²) < 4.78 is 65.7. The fourth-order valence-electron chi connectivity index (χ4n) is 2.76. The second-order valence-electron chi connectivity index (χ2n) is 6.85. The number of hydrogen-bond donors (Lipinski definition) is 2. The van der Waals surface area contributed by atoms with Crippen LogP contribution in [-0.2, 0) is 16.2 Å². The van der Waals surface area contributed by atoms with Gasteiger partial charge in [0.2, 0.25) is 15.8 Å². The van der Waals surface area contributed by atoms with Gasteiger partial charge in [-0.05, 0) is 31.0 Å². The summed E-state index contributed by atoms with van der Waals surface area (Å²) in [5.41, 5.74) is 0.339. The molecule has 1 fully saturated rings. The summed E-state index contributed by atoms with van der Waals surface area (Å²) in [6, 6.07) is 5.73. The summed E-state index contributed by atoms with van der Waals surface area (Å²) in [4.78, 5) is 23.5. The number of hydrogen-bond acceptors (Lipinski definition) is 7. The zero-order valence-corrected chi connectivity index (χ0v) is 16.3. The van der Waals surface area contributed by atoms with Crippen LogP contribution in [-0.4, -0.2) is 46.1 Å². The van der Waals surface area contributed by atoms with Crippen LogP contribution >= 0.6 is 0 Å². The van der Waals surface area contributed by atoms with Gasteiger partial charge in [0.05, 0.1) is 6.26 Å². The van der Waals surface area contributed by atoms with Gasteiger partial charge in [-0.2, -0.15) is 13.2 Å². The van der Waals surface area contributed by atoms with Crippen LogP contribution in [0.4, 0.5) is 19.0 Å². The highest BCUT2D eigenvalue weighted by Crippen LogP contribution is 2.33. The van der Waals surface area contributed by atoms with Gasteiger partial charge in [0, 0.05) is 17.3 Å². The van der Waals surface area contributed by atoms with Gasteiger partial charge in [-0.25, -0.2) is 28.1 Å². The van der Waals surface area contributed by atoms with Crippen molar-refractivity contribution in [2.45, 2.75) is 25.1 Å². The van der Waals surface area contributed by atoms with Crippen molar-refractivity contribution < 1.29 is 26.4 Å². The number of carbonyl (C=O) groups excluding carboxylic acids is 1. The number of nitrogens with one attached hydrogen (secondary N) is 2. The van der Waals surface area contributed by atoms with Crippen molar-refractivity contribution in [3.05, 3.63) is 42.0 Å². The minimum atomic E-state index is -4.76. The highest BCUT2D eigenvalue weighted by atomic mass is 32.2. The van der Waals surface area contributed by atoms with Gasteiger partial charge in [-0.15, -0.1) is 0 Å². The first-order valence-corrected chi connectivity index (χ1v) is 10.6. The molecule has 0 aliphatic heterocycles. The first-order chi connectivity index (χ1) is 14.0. The molecule has 30 heavy (non-hydrogen) atoms. The summed E-state index contributed by atoms with van der Waals surface area (Å²) in [5, 5.41) is 2.93. The third-order valence-corrected chi connectivity index (χ3v) is 4.79. The van der Waals surface area contributed by atoms with Gasteiger partial charge in [-0.1, -0.05) is 6.07 Å². The first kappa shape index (κ1) is 20.1. The number of benzene rings is 1. The molecule has 1 amide bonds. The van der Waals surface area contributed by atoms with Gasteiger partial charge in [0.1, 0.15) is 6.33 Å². The minimum absolute atomic E-state index is 0.00112. The Hall–Kier alpha value is -3.22. The van der Waals surface area contributed by atoms with Crippen molar-refractivity contribution in [3.8, 4) is 5.69 Å². The van der Waals surface area contributed by atoms with Crippen molar-refractivity contribution in [1.82, 2.24) is 24.2 Å². The lowest BCUT2D eigenvalue weighted by molar-refractivity contribution is -0.144. The summed E-state index contributed by atoms with van der Waals surface area (Å²) in [6.07, 6.45) is -1.01. The highest BCUT2D eigenvalue weighted by Gasteiger charge is 2.37.